The van der Waals surface area contributed by atoms with Crippen molar-refractivity contribution in [3.05, 3.63) is 12.7 Å². The van der Waals surface area contributed by atoms with Crippen molar-refractivity contribution in [1.29, 1.82) is 0 Å². The number of likely N-dealkylation sites (N-methyl/N-ethyl adjacent to an activating group) is 1. The first-order chi connectivity index (χ1) is 4.77. The summed E-state index contributed by atoms with van der Waals surface area (Å²) in [6.45, 7) is 6.87. The van der Waals surface area contributed by atoms with E-state index in [4.69, 9.17) is 0 Å². The minimum absolute atomic E-state index is 1.05. The second-order valence-corrected chi connectivity index (χ2v) is 2.63. The lowest BCUT2D eigenvalue weighted by Gasteiger charge is -2.09. The highest BCUT2D eigenvalue weighted by Gasteiger charge is 1.87. The summed E-state index contributed by atoms with van der Waals surface area (Å²) in [6.07, 6.45) is 3.00. The van der Waals surface area contributed by atoms with Crippen molar-refractivity contribution in [2.24, 2.45) is 0 Å². The van der Waals surface area contributed by atoms with Crippen LogP contribution >= 0.6 is 0 Å². The highest BCUT2D eigenvalue weighted by molar-refractivity contribution is 4.67. The lowest BCUT2D eigenvalue weighted by molar-refractivity contribution is 0.401. The fourth-order valence-corrected chi connectivity index (χ4v) is 0.632. The molecule has 10 heavy (non-hydrogen) atoms. The Kier molecular flexibility index (Phi) is 6.55. The average Bonchev–Trinajstić information content (AvgIpc) is 1.87. The Morgan fingerprint density at radius 2 is 2.10 bits per heavy atom. The first-order valence-electron chi connectivity index (χ1n) is 3.73. The molecule has 0 atom stereocenters. The third-order valence-electron chi connectivity index (χ3n) is 1.26. The third-order valence-corrected chi connectivity index (χ3v) is 1.26. The number of hydrogen-bond acceptors (Lipinski definition) is 2. The lowest BCUT2D eigenvalue weighted by Crippen LogP contribution is -2.26. The molecule has 0 aliphatic rings. The molecule has 0 rings (SSSR count). The maximum absolute atomic E-state index is 3.64. The van der Waals surface area contributed by atoms with Crippen LogP contribution in [0.4, 0.5) is 0 Å². The van der Waals surface area contributed by atoms with Gasteiger partial charge in [0.05, 0.1) is 0 Å². The molecule has 0 aliphatic carbocycles. The molecule has 0 fully saturated rings. The standard InChI is InChI=1S/C8H18N2/c1-4-5-6-9-7-8-10(2)3/h4,9H,1,5-8H2,2-3H3. The molecule has 1 N–H and O–H groups in total. The van der Waals surface area contributed by atoms with E-state index >= 15 is 0 Å². The van der Waals surface area contributed by atoms with Gasteiger partial charge in [-0.1, -0.05) is 6.08 Å². The van der Waals surface area contributed by atoms with Gasteiger partial charge in [0.2, 0.25) is 0 Å². The van der Waals surface area contributed by atoms with Crippen molar-refractivity contribution in [3.8, 4) is 0 Å². The summed E-state index contributed by atoms with van der Waals surface area (Å²) in [7, 11) is 4.16. The fourth-order valence-electron chi connectivity index (χ4n) is 0.632. The largest absolute Gasteiger partial charge is 0.315 e. The molecule has 0 unspecified atom stereocenters. The Labute approximate surface area is 63.9 Å². The van der Waals surface area contributed by atoms with Crippen molar-refractivity contribution in [2.45, 2.75) is 6.42 Å². The molecule has 0 bridgehead atoms. The van der Waals surface area contributed by atoms with Gasteiger partial charge < -0.3 is 10.2 Å². The second kappa shape index (κ2) is 6.78. The summed E-state index contributed by atoms with van der Waals surface area (Å²) >= 11 is 0. The van der Waals surface area contributed by atoms with Gasteiger partial charge in [-0.2, -0.15) is 0 Å². The van der Waals surface area contributed by atoms with E-state index in [0.717, 1.165) is 26.1 Å². The van der Waals surface area contributed by atoms with Crippen LogP contribution in [0.3, 0.4) is 0 Å². The predicted molar refractivity (Wildman–Crippen MR) is 46.2 cm³/mol. The quantitative estimate of drug-likeness (QED) is 0.434. The molecule has 0 spiro atoms. The van der Waals surface area contributed by atoms with Crippen molar-refractivity contribution in [3.63, 3.8) is 0 Å². The summed E-state index contributed by atoms with van der Waals surface area (Å²) in [5, 5.41) is 3.30. The summed E-state index contributed by atoms with van der Waals surface area (Å²) in [5.41, 5.74) is 0. The molecule has 0 aromatic carbocycles. The molecule has 0 amide bonds. The zero-order valence-electron chi connectivity index (χ0n) is 7.06. The Bertz CT molecular complexity index is 79.3. The van der Waals surface area contributed by atoms with E-state index in [2.05, 4.69) is 30.9 Å². The molecule has 0 saturated heterocycles. The van der Waals surface area contributed by atoms with Gasteiger partial charge in [0.25, 0.3) is 0 Å². The zero-order chi connectivity index (χ0) is 7.82. The average molecular weight is 142 g/mol. The maximum Gasteiger partial charge on any atom is 0.0101 e. The van der Waals surface area contributed by atoms with Crippen LogP contribution in [0.5, 0.6) is 0 Å². The van der Waals surface area contributed by atoms with Crippen molar-refractivity contribution >= 4 is 0 Å². The summed E-state index contributed by atoms with van der Waals surface area (Å²) in [4.78, 5) is 2.17. The second-order valence-electron chi connectivity index (χ2n) is 2.63. The summed E-state index contributed by atoms with van der Waals surface area (Å²) in [5.74, 6) is 0. The third kappa shape index (κ3) is 7.66. The van der Waals surface area contributed by atoms with Crippen molar-refractivity contribution in [2.75, 3.05) is 33.7 Å². The normalized spacial score (nSPS) is 10.3. The Balaban J connectivity index is 2.83. The molecule has 0 aromatic rings. The Hall–Kier alpha value is -0.340. The van der Waals surface area contributed by atoms with Crippen LogP contribution in [0.2, 0.25) is 0 Å². The summed E-state index contributed by atoms with van der Waals surface area (Å²) in [6, 6.07) is 0. The van der Waals surface area contributed by atoms with Crippen LogP contribution in [0.1, 0.15) is 6.42 Å². The van der Waals surface area contributed by atoms with Crippen LogP contribution in [0.25, 0.3) is 0 Å². The molecule has 0 radical (unpaired) electrons. The molecular formula is C8H18N2. The SMILES string of the molecule is C=CCCNCCN(C)C. The number of nitrogens with zero attached hydrogens (tertiary/aromatic N) is 1. The van der Waals surface area contributed by atoms with E-state index in [-0.39, 0.29) is 0 Å². The minimum atomic E-state index is 1.05. The Morgan fingerprint density at radius 1 is 1.40 bits per heavy atom. The number of hydrogen-bond donors (Lipinski definition) is 1. The first kappa shape index (κ1) is 9.66. The van der Waals surface area contributed by atoms with Crippen molar-refractivity contribution in [1.82, 2.24) is 10.2 Å². The van der Waals surface area contributed by atoms with E-state index in [1.807, 2.05) is 6.08 Å². The highest BCUT2D eigenvalue weighted by atomic mass is 15.1. The predicted octanol–water partition coefficient (Wildman–Crippen LogP) is 0.714. The summed E-state index contributed by atoms with van der Waals surface area (Å²) < 4.78 is 0. The zero-order valence-corrected chi connectivity index (χ0v) is 7.06. The van der Waals surface area contributed by atoms with Gasteiger partial charge in [0.1, 0.15) is 0 Å². The molecule has 0 aromatic heterocycles. The Morgan fingerprint density at radius 3 is 2.60 bits per heavy atom. The van der Waals surface area contributed by atoms with Gasteiger partial charge in [-0.25, -0.2) is 0 Å². The lowest BCUT2D eigenvalue weighted by atomic mass is 10.4. The van der Waals surface area contributed by atoms with E-state index in [0.29, 0.717) is 0 Å². The molecular weight excluding hydrogens is 124 g/mol. The van der Waals surface area contributed by atoms with Crippen LogP contribution < -0.4 is 5.32 Å². The van der Waals surface area contributed by atoms with E-state index in [9.17, 15) is 0 Å². The topological polar surface area (TPSA) is 15.3 Å². The van der Waals surface area contributed by atoms with E-state index in [1.54, 1.807) is 0 Å². The number of rotatable bonds is 6. The molecule has 60 valence electrons. The van der Waals surface area contributed by atoms with Gasteiger partial charge in [-0.3, -0.25) is 0 Å². The molecule has 2 nitrogen and oxygen atoms in total. The van der Waals surface area contributed by atoms with Crippen LogP contribution in [-0.4, -0.2) is 38.6 Å². The molecule has 2 heteroatoms. The van der Waals surface area contributed by atoms with Gasteiger partial charge in [-0.05, 0) is 27.1 Å². The molecule has 0 aliphatic heterocycles. The van der Waals surface area contributed by atoms with Crippen LogP contribution in [0.15, 0.2) is 12.7 Å². The van der Waals surface area contributed by atoms with Gasteiger partial charge in [0, 0.05) is 13.1 Å². The number of nitrogens with one attached hydrogen (secondary N) is 1. The van der Waals surface area contributed by atoms with Crippen molar-refractivity contribution < 1.29 is 0 Å². The van der Waals surface area contributed by atoms with Gasteiger partial charge in [-0.15, -0.1) is 6.58 Å². The van der Waals surface area contributed by atoms with E-state index < -0.39 is 0 Å². The van der Waals surface area contributed by atoms with Crippen LogP contribution in [0, 0.1) is 0 Å². The maximum atomic E-state index is 3.64. The van der Waals surface area contributed by atoms with Gasteiger partial charge in [0.15, 0.2) is 0 Å². The minimum Gasteiger partial charge on any atom is -0.315 e. The fraction of sp³-hybridized carbons (Fsp3) is 0.750. The smallest absolute Gasteiger partial charge is 0.0101 e. The van der Waals surface area contributed by atoms with Crippen LogP contribution in [-0.2, 0) is 0 Å². The monoisotopic (exact) mass is 142 g/mol. The first-order valence-corrected chi connectivity index (χ1v) is 3.73. The molecule has 0 heterocycles. The van der Waals surface area contributed by atoms with E-state index in [1.165, 1.54) is 0 Å². The van der Waals surface area contributed by atoms with Gasteiger partial charge >= 0.3 is 0 Å². The molecule has 0 saturated carbocycles. The highest BCUT2D eigenvalue weighted by Crippen LogP contribution is 1.75.